The van der Waals surface area contributed by atoms with Gasteiger partial charge in [-0.1, -0.05) is 100 Å². The Bertz CT molecular complexity index is 827. The van der Waals surface area contributed by atoms with Crippen molar-refractivity contribution in [2.75, 3.05) is 13.2 Å². The highest BCUT2D eigenvalue weighted by Crippen LogP contribution is 2.25. The number of ketones is 2. The van der Waals surface area contributed by atoms with Crippen LogP contribution in [0.1, 0.15) is 76.3 Å². The molecule has 6 heteroatoms. The van der Waals surface area contributed by atoms with Crippen LogP contribution < -0.4 is 0 Å². The largest absolute Gasteiger partial charge is 0.319 e. The van der Waals surface area contributed by atoms with Crippen molar-refractivity contribution in [2.24, 2.45) is 11.8 Å². The molecular weight excluding hydrogens is 471 g/mol. The first kappa shape index (κ1) is 30.2. The second-order valence-corrected chi connectivity index (χ2v) is 10.8. The monoisotopic (exact) mass is 514 g/mol. The van der Waals surface area contributed by atoms with Crippen molar-refractivity contribution in [1.29, 1.82) is 0 Å². The Balaban J connectivity index is 1.48. The van der Waals surface area contributed by atoms with Gasteiger partial charge >= 0.3 is 8.25 Å². The number of benzene rings is 2. The van der Waals surface area contributed by atoms with Crippen molar-refractivity contribution in [1.82, 2.24) is 0 Å². The molecular formula is C30H43O5P. The van der Waals surface area contributed by atoms with E-state index in [-0.39, 0.29) is 36.6 Å². The third-order valence-electron chi connectivity index (χ3n) is 6.65. The minimum absolute atomic E-state index is 0.0739. The highest BCUT2D eigenvalue weighted by atomic mass is 31.1. The number of aryl methyl sites for hydroxylation is 2. The fourth-order valence-corrected chi connectivity index (χ4v) is 4.71. The number of carbonyl (C=O) groups is 2. The molecule has 36 heavy (non-hydrogen) atoms. The number of Topliss-reactive ketones (excluding diaryl/α,β-unsaturated/α-hetero) is 2. The number of rotatable bonds is 20. The zero-order valence-corrected chi connectivity index (χ0v) is 23.0. The average Bonchev–Trinajstić information content (AvgIpc) is 2.90. The maximum Gasteiger partial charge on any atom is 0.319 e. The number of carbonyl (C=O) groups excluding carboxylic acids is 2. The van der Waals surface area contributed by atoms with Crippen LogP contribution >= 0.6 is 8.25 Å². The van der Waals surface area contributed by atoms with Crippen LogP contribution in [0.25, 0.3) is 0 Å². The summed E-state index contributed by atoms with van der Waals surface area (Å²) in [4.78, 5) is 24.5. The van der Waals surface area contributed by atoms with Crippen molar-refractivity contribution < 1.29 is 23.2 Å². The van der Waals surface area contributed by atoms with E-state index in [0.29, 0.717) is 0 Å². The van der Waals surface area contributed by atoms with Crippen LogP contribution in [0.2, 0.25) is 0 Å². The molecule has 5 nitrogen and oxygen atoms in total. The summed E-state index contributed by atoms with van der Waals surface area (Å²) in [5.74, 6) is -0.425. The van der Waals surface area contributed by atoms with Crippen molar-refractivity contribution in [3.8, 4) is 0 Å². The van der Waals surface area contributed by atoms with E-state index < -0.39 is 8.25 Å². The maximum absolute atomic E-state index is 12.3. The smallest absolute Gasteiger partial charge is 0.303 e. The zero-order valence-electron chi connectivity index (χ0n) is 22.0. The van der Waals surface area contributed by atoms with Gasteiger partial charge in [0.25, 0.3) is 0 Å². The maximum atomic E-state index is 12.3. The van der Waals surface area contributed by atoms with Crippen LogP contribution in [0.5, 0.6) is 0 Å². The van der Waals surface area contributed by atoms with Crippen molar-refractivity contribution in [2.45, 2.75) is 78.1 Å². The van der Waals surface area contributed by atoms with E-state index in [1.165, 1.54) is 11.1 Å². The Morgan fingerprint density at radius 1 is 0.639 bits per heavy atom. The Morgan fingerprint density at radius 3 is 1.42 bits per heavy atom. The fraction of sp³-hybridized carbons (Fsp3) is 0.533. The molecule has 0 bridgehead atoms. The minimum Gasteiger partial charge on any atom is -0.303 e. The highest BCUT2D eigenvalue weighted by molar-refractivity contribution is 7.33. The van der Waals surface area contributed by atoms with Crippen molar-refractivity contribution in [3.63, 3.8) is 0 Å². The lowest BCUT2D eigenvalue weighted by Gasteiger charge is -2.12. The number of hydrogen-bond donors (Lipinski definition) is 0. The lowest BCUT2D eigenvalue weighted by Crippen LogP contribution is -2.17. The Kier molecular flexibility index (Phi) is 15.3. The topological polar surface area (TPSA) is 69.7 Å². The van der Waals surface area contributed by atoms with Gasteiger partial charge in [0.05, 0.1) is 0 Å². The first-order valence-corrected chi connectivity index (χ1v) is 14.6. The molecule has 0 aliphatic rings. The molecule has 0 unspecified atom stereocenters. The second-order valence-electron chi connectivity index (χ2n) is 9.73. The van der Waals surface area contributed by atoms with E-state index in [1.807, 2.05) is 26.0 Å². The van der Waals surface area contributed by atoms with Crippen LogP contribution in [-0.4, -0.2) is 24.8 Å². The van der Waals surface area contributed by atoms with Gasteiger partial charge in [-0.25, -0.2) is 0 Å². The van der Waals surface area contributed by atoms with E-state index in [2.05, 4.69) is 48.5 Å². The van der Waals surface area contributed by atoms with E-state index in [9.17, 15) is 14.2 Å². The molecule has 0 fully saturated rings. The Morgan fingerprint density at radius 2 is 1.03 bits per heavy atom. The summed E-state index contributed by atoms with van der Waals surface area (Å²) in [5, 5.41) is 0. The molecule has 198 valence electrons. The summed E-state index contributed by atoms with van der Waals surface area (Å²) >= 11 is 0. The van der Waals surface area contributed by atoms with Gasteiger partial charge in [-0.15, -0.1) is 0 Å². The van der Waals surface area contributed by atoms with Crippen LogP contribution in [0.4, 0.5) is 0 Å². The summed E-state index contributed by atoms with van der Waals surface area (Å²) in [7, 11) is -2.86. The fourth-order valence-electron chi connectivity index (χ4n) is 4.11. The zero-order chi connectivity index (χ0) is 26.0. The van der Waals surface area contributed by atoms with Crippen LogP contribution in [0.3, 0.4) is 0 Å². The lowest BCUT2D eigenvalue weighted by molar-refractivity contribution is -0.125. The van der Waals surface area contributed by atoms with Crippen molar-refractivity contribution in [3.05, 3.63) is 71.8 Å². The molecule has 0 saturated carbocycles. The van der Waals surface area contributed by atoms with Crippen LogP contribution in [0, 0.1) is 11.8 Å². The molecule has 0 amide bonds. The quantitative estimate of drug-likeness (QED) is 0.136. The van der Waals surface area contributed by atoms with Crippen molar-refractivity contribution >= 4 is 19.8 Å². The van der Waals surface area contributed by atoms with Gasteiger partial charge in [-0.05, 0) is 49.7 Å². The van der Waals surface area contributed by atoms with Gasteiger partial charge in [0.15, 0.2) is 11.6 Å². The minimum atomic E-state index is -2.86. The molecule has 0 saturated heterocycles. The molecule has 0 heterocycles. The first-order valence-electron chi connectivity index (χ1n) is 13.4. The molecule has 2 rings (SSSR count). The molecule has 2 aromatic carbocycles. The molecule has 0 aliphatic carbocycles. The Hall–Kier alpha value is -2.07. The summed E-state index contributed by atoms with van der Waals surface area (Å²) in [6.45, 7) is 3.31. The average molecular weight is 515 g/mol. The third-order valence-corrected chi connectivity index (χ3v) is 7.41. The van der Waals surface area contributed by atoms with Gasteiger partial charge in [-0.2, -0.15) is 0 Å². The predicted octanol–water partition coefficient (Wildman–Crippen LogP) is 7.43. The summed E-state index contributed by atoms with van der Waals surface area (Å²) in [6.07, 6.45) is 9.98. The number of hydrogen-bond acceptors (Lipinski definition) is 5. The van der Waals surface area contributed by atoms with E-state index in [1.54, 1.807) is 0 Å². The molecule has 0 radical (unpaired) electrons. The molecule has 2 atom stereocenters. The van der Waals surface area contributed by atoms with Gasteiger partial charge in [0.1, 0.15) is 13.2 Å². The van der Waals surface area contributed by atoms with E-state index in [0.717, 1.165) is 64.2 Å². The van der Waals surface area contributed by atoms with E-state index >= 15 is 0 Å². The SMILES string of the molecule is C[C@@H](CCCCCc1ccccc1)C(=O)CO[PH](=O)OCC(=O)[C@@H](C)CCCCCc1ccccc1. The van der Waals surface area contributed by atoms with Gasteiger partial charge in [0, 0.05) is 11.8 Å². The first-order chi connectivity index (χ1) is 17.5. The molecule has 0 spiro atoms. The predicted molar refractivity (Wildman–Crippen MR) is 146 cm³/mol. The van der Waals surface area contributed by atoms with Gasteiger partial charge < -0.3 is 9.05 Å². The van der Waals surface area contributed by atoms with Crippen LogP contribution in [0.15, 0.2) is 60.7 Å². The molecule has 0 aromatic heterocycles. The molecule has 0 N–H and O–H groups in total. The molecule has 2 aromatic rings. The summed E-state index contributed by atoms with van der Waals surface area (Å²) in [6, 6.07) is 20.8. The summed E-state index contributed by atoms with van der Waals surface area (Å²) < 4.78 is 22.2. The van der Waals surface area contributed by atoms with Gasteiger partial charge in [-0.3, -0.25) is 14.2 Å². The number of unbranched alkanes of at least 4 members (excludes halogenated alkanes) is 4. The van der Waals surface area contributed by atoms with Crippen LogP contribution in [-0.2, 0) is 36.0 Å². The standard InChI is InChI=1S/C30H43O5P/c1-25(15-7-3-9-17-27-19-11-5-12-20-27)29(31)23-34-36(33)35-24-30(32)26(2)16-8-4-10-18-28-21-13-6-14-22-28/h5-6,11-14,19-22,25-26,36H,3-4,7-10,15-18,23-24H2,1-2H3/t25-,26-/m0/s1. The normalized spacial score (nSPS) is 13.0. The third kappa shape index (κ3) is 13.3. The van der Waals surface area contributed by atoms with Gasteiger partial charge in [0.2, 0.25) is 0 Å². The van der Waals surface area contributed by atoms with E-state index in [4.69, 9.17) is 9.05 Å². The molecule has 0 aliphatic heterocycles. The Labute approximate surface area is 217 Å². The highest BCUT2D eigenvalue weighted by Gasteiger charge is 2.17. The second kappa shape index (κ2) is 18.2. The summed E-state index contributed by atoms with van der Waals surface area (Å²) in [5.41, 5.74) is 2.68. The lowest BCUT2D eigenvalue weighted by atomic mass is 9.98.